The average molecular weight is 181 g/mol. The maximum Gasteiger partial charge on any atom is 0.236 e. The molecule has 1 amide bonds. The van der Waals surface area contributed by atoms with Crippen LogP contribution in [0.2, 0.25) is 0 Å². The molecule has 3 N–H and O–H groups in total. The Balaban J connectivity index is 0.000001000. The van der Waals surface area contributed by atoms with Crippen LogP contribution in [0.1, 0.15) is 6.42 Å². The number of β-amino-alcohol motifs (C(OH)–C–C–N with tert-alkyl or cyclic N) is 1. The lowest BCUT2D eigenvalue weighted by molar-refractivity contribution is -0.122. The fourth-order valence-electron chi connectivity index (χ4n) is 1.09. The van der Waals surface area contributed by atoms with Gasteiger partial charge in [-0.2, -0.15) is 0 Å². The summed E-state index contributed by atoms with van der Waals surface area (Å²) in [6.07, 6.45) is 0.168. The number of nitrogens with one attached hydrogen (secondary N) is 2. The number of carbonyl (C=O) groups is 1. The van der Waals surface area contributed by atoms with E-state index in [1.165, 1.54) is 0 Å². The molecule has 4 nitrogen and oxygen atoms in total. The van der Waals surface area contributed by atoms with Gasteiger partial charge >= 0.3 is 0 Å². The molecule has 1 aliphatic rings. The van der Waals surface area contributed by atoms with Gasteiger partial charge in [0.15, 0.2) is 0 Å². The third-order valence-corrected chi connectivity index (χ3v) is 1.67. The van der Waals surface area contributed by atoms with Crippen LogP contribution in [0.15, 0.2) is 0 Å². The number of amides is 1. The lowest BCUT2D eigenvalue weighted by Crippen LogP contribution is -2.38. The second-order valence-electron chi connectivity index (χ2n) is 2.46. The SMILES string of the molecule is CNC(=O)[C@H]1CC(O)CN1.Cl. The molecule has 2 atom stereocenters. The van der Waals surface area contributed by atoms with Gasteiger partial charge in [0.05, 0.1) is 12.1 Å². The Kier molecular flexibility index (Phi) is 4.40. The standard InChI is InChI=1S/C6H12N2O2.ClH/c1-7-6(10)5-2-4(9)3-8-5;/h4-5,8-9H,2-3H2,1H3,(H,7,10);1H/t4?,5-;/m1./s1. The van der Waals surface area contributed by atoms with Crippen LogP contribution < -0.4 is 10.6 Å². The molecule has 0 radical (unpaired) electrons. The van der Waals surface area contributed by atoms with Crippen LogP contribution in [0.5, 0.6) is 0 Å². The van der Waals surface area contributed by atoms with Crippen LogP contribution in [-0.2, 0) is 4.79 Å². The van der Waals surface area contributed by atoms with E-state index < -0.39 is 0 Å². The monoisotopic (exact) mass is 180 g/mol. The van der Waals surface area contributed by atoms with Gasteiger partial charge in [0, 0.05) is 13.6 Å². The molecule has 0 aromatic carbocycles. The van der Waals surface area contributed by atoms with Crippen LogP contribution in [0.3, 0.4) is 0 Å². The summed E-state index contributed by atoms with van der Waals surface area (Å²) in [4.78, 5) is 10.9. The normalized spacial score (nSPS) is 29.3. The van der Waals surface area contributed by atoms with Crippen LogP contribution in [0.4, 0.5) is 0 Å². The summed E-state index contributed by atoms with van der Waals surface area (Å²) in [6.45, 7) is 0.526. The van der Waals surface area contributed by atoms with E-state index in [0.29, 0.717) is 13.0 Å². The molecule has 0 aromatic rings. The Labute approximate surface area is 71.8 Å². The van der Waals surface area contributed by atoms with E-state index >= 15 is 0 Å². The highest BCUT2D eigenvalue weighted by atomic mass is 35.5. The lowest BCUT2D eigenvalue weighted by atomic mass is 10.2. The minimum atomic E-state index is -0.359. The van der Waals surface area contributed by atoms with E-state index in [0.717, 1.165) is 0 Å². The number of hydrogen-bond donors (Lipinski definition) is 3. The Morgan fingerprint density at radius 3 is 2.73 bits per heavy atom. The van der Waals surface area contributed by atoms with Gasteiger partial charge in [-0.05, 0) is 6.42 Å². The summed E-state index contributed by atoms with van der Waals surface area (Å²) in [6, 6.07) is -0.194. The molecule has 0 bridgehead atoms. The molecule has 1 heterocycles. The third kappa shape index (κ3) is 2.65. The molecule has 1 rings (SSSR count). The van der Waals surface area contributed by atoms with Crippen LogP contribution >= 0.6 is 12.4 Å². The smallest absolute Gasteiger partial charge is 0.236 e. The van der Waals surface area contributed by atoms with Crippen molar-refractivity contribution >= 4 is 18.3 Å². The van der Waals surface area contributed by atoms with Gasteiger partial charge in [-0.3, -0.25) is 4.79 Å². The van der Waals surface area contributed by atoms with E-state index in [1.807, 2.05) is 0 Å². The summed E-state index contributed by atoms with van der Waals surface area (Å²) in [5.41, 5.74) is 0. The predicted octanol–water partition coefficient (Wildman–Crippen LogP) is -1.12. The molecule has 1 fully saturated rings. The molecular formula is C6H13ClN2O2. The first-order valence-corrected chi connectivity index (χ1v) is 3.37. The zero-order chi connectivity index (χ0) is 7.56. The van der Waals surface area contributed by atoms with E-state index in [9.17, 15) is 4.79 Å². The molecule has 1 aliphatic heterocycles. The number of carbonyl (C=O) groups excluding carboxylic acids is 1. The zero-order valence-electron chi connectivity index (χ0n) is 6.33. The van der Waals surface area contributed by atoms with E-state index in [-0.39, 0.29) is 30.5 Å². The number of halogens is 1. The maximum atomic E-state index is 10.9. The van der Waals surface area contributed by atoms with Crippen molar-refractivity contribution in [1.82, 2.24) is 10.6 Å². The first-order valence-electron chi connectivity index (χ1n) is 3.37. The molecule has 66 valence electrons. The summed E-state index contributed by atoms with van der Waals surface area (Å²) < 4.78 is 0. The van der Waals surface area contributed by atoms with Crippen molar-refractivity contribution in [2.24, 2.45) is 0 Å². The quantitative estimate of drug-likeness (QED) is 0.479. The summed E-state index contributed by atoms with van der Waals surface area (Å²) in [7, 11) is 1.59. The topological polar surface area (TPSA) is 61.4 Å². The molecule has 1 unspecified atom stereocenters. The van der Waals surface area contributed by atoms with Crippen molar-refractivity contribution in [3.8, 4) is 0 Å². The molecule has 0 aliphatic carbocycles. The highest BCUT2D eigenvalue weighted by molar-refractivity contribution is 5.85. The maximum absolute atomic E-state index is 10.9. The van der Waals surface area contributed by atoms with Crippen LogP contribution in [0.25, 0.3) is 0 Å². The van der Waals surface area contributed by atoms with Gasteiger partial charge in [-0.1, -0.05) is 0 Å². The number of aliphatic hydroxyl groups excluding tert-OH is 1. The summed E-state index contributed by atoms with van der Waals surface area (Å²) in [5, 5.41) is 14.4. The molecule has 11 heavy (non-hydrogen) atoms. The van der Waals surface area contributed by atoms with Crippen LogP contribution in [-0.4, -0.2) is 36.8 Å². The van der Waals surface area contributed by atoms with Crippen molar-refractivity contribution < 1.29 is 9.90 Å². The first kappa shape index (κ1) is 10.7. The summed E-state index contributed by atoms with van der Waals surface area (Å²) in [5.74, 6) is -0.0449. The van der Waals surface area contributed by atoms with Gasteiger partial charge in [-0.25, -0.2) is 0 Å². The van der Waals surface area contributed by atoms with E-state index in [4.69, 9.17) is 5.11 Å². The Hall–Kier alpha value is -0.320. The van der Waals surface area contributed by atoms with Gasteiger partial charge in [0.25, 0.3) is 0 Å². The predicted molar refractivity (Wildman–Crippen MR) is 43.7 cm³/mol. The molecule has 0 spiro atoms. The average Bonchev–Trinajstić information content (AvgIpc) is 2.34. The number of aliphatic hydroxyl groups is 1. The molecular weight excluding hydrogens is 168 g/mol. The van der Waals surface area contributed by atoms with E-state index in [2.05, 4.69) is 10.6 Å². The number of rotatable bonds is 1. The minimum absolute atomic E-state index is 0. The van der Waals surface area contributed by atoms with Gasteiger partial charge in [0.1, 0.15) is 0 Å². The van der Waals surface area contributed by atoms with E-state index in [1.54, 1.807) is 7.05 Å². The van der Waals surface area contributed by atoms with Gasteiger partial charge in [0.2, 0.25) is 5.91 Å². The summed E-state index contributed by atoms with van der Waals surface area (Å²) >= 11 is 0. The van der Waals surface area contributed by atoms with Crippen molar-refractivity contribution in [3.63, 3.8) is 0 Å². The fourth-order valence-corrected chi connectivity index (χ4v) is 1.09. The largest absolute Gasteiger partial charge is 0.392 e. The van der Waals surface area contributed by atoms with Crippen molar-refractivity contribution in [2.45, 2.75) is 18.6 Å². The second kappa shape index (κ2) is 4.54. The highest BCUT2D eigenvalue weighted by Crippen LogP contribution is 2.05. The van der Waals surface area contributed by atoms with Crippen molar-refractivity contribution in [2.75, 3.05) is 13.6 Å². The Morgan fingerprint density at radius 2 is 2.36 bits per heavy atom. The number of hydrogen-bond acceptors (Lipinski definition) is 3. The molecule has 1 saturated heterocycles. The first-order chi connectivity index (χ1) is 4.74. The third-order valence-electron chi connectivity index (χ3n) is 1.67. The highest BCUT2D eigenvalue weighted by Gasteiger charge is 2.26. The minimum Gasteiger partial charge on any atom is -0.392 e. The molecule has 5 heteroatoms. The van der Waals surface area contributed by atoms with Gasteiger partial charge in [-0.15, -0.1) is 12.4 Å². The van der Waals surface area contributed by atoms with Crippen molar-refractivity contribution in [1.29, 1.82) is 0 Å². The van der Waals surface area contributed by atoms with Crippen molar-refractivity contribution in [3.05, 3.63) is 0 Å². The molecule has 0 saturated carbocycles. The second-order valence-corrected chi connectivity index (χ2v) is 2.46. The Morgan fingerprint density at radius 1 is 1.73 bits per heavy atom. The molecule has 0 aromatic heterocycles. The zero-order valence-corrected chi connectivity index (χ0v) is 7.15. The van der Waals surface area contributed by atoms with Crippen LogP contribution in [0, 0.1) is 0 Å². The Bertz CT molecular complexity index is 143. The lowest BCUT2D eigenvalue weighted by Gasteiger charge is -2.06. The van der Waals surface area contributed by atoms with Gasteiger partial charge < -0.3 is 15.7 Å². The number of likely N-dealkylation sites (N-methyl/N-ethyl adjacent to an activating group) is 1. The fraction of sp³-hybridized carbons (Fsp3) is 0.833.